The smallest absolute Gasteiger partial charge is 0.261 e. The summed E-state index contributed by atoms with van der Waals surface area (Å²) in [6, 6.07) is 8.89. The third kappa shape index (κ3) is 1.98. The average molecular weight is 144 g/mol. The predicted molar refractivity (Wildman–Crippen MR) is 36.5 cm³/mol. The molecule has 1 rings (SSSR count). The van der Waals surface area contributed by atoms with Crippen molar-refractivity contribution in [2.24, 2.45) is 0 Å². The van der Waals surface area contributed by atoms with Crippen LogP contribution in [0.1, 0.15) is 0 Å². The van der Waals surface area contributed by atoms with Crippen LogP contribution in [-0.4, -0.2) is 0 Å². The van der Waals surface area contributed by atoms with Crippen molar-refractivity contribution in [3.05, 3.63) is 30.3 Å². The Hall–Kier alpha value is -0.620. The molecule has 0 amide bonds. The fourth-order valence-electron chi connectivity index (χ4n) is 0.533. The van der Waals surface area contributed by atoms with Gasteiger partial charge in [-0.05, 0) is 12.1 Å². The molecule has 0 aliphatic heterocycles. The molecule has 48 valence electrons. The number of hydrogen-bond acceptors (Lipinski definition) is 1. The normalized spacial score (nSPS) is 10.3. The first-order valence-corrected chi connectivity index (χ1v) is 3.29. The van der Waals surface area contributed by atoms with Gasteiger partial charge in [-0.2, -0.15) is 4.20 Å². The third-order valence-corrected chi connectivity index (χ3v) is 1.21. The lowest BCUT2D eigenvalue weighted by Gasteiger charge is -1.95. The van der Waals surface area contributed by atoms with E-state index in [-0.39, 0.29) is 0 Å². The standard InChI is InChI=1S/C6H6FOP/c7-9-8-6-4-2-1-3-5-6/h1-5,9H. The minimum absolute atomic E-state index is 0.582. The van der Waals surface area contributed by atoms with Crippen molar-refractivity contribution in [1.29, 1.82) is 0 Å². The highest BCUT2D eigenvalue weighted by molar-refractivity contribution is 7.26. The lowest BCUT2D eigenvalue weighted by Crippen LogP contribution is -1.71. The summed E-state index contributed by atoms with van der Waals surface area (Å²) in [7, 11) is -0.965. The summed E-state index contributed by atoms with van der Waals surface area (Å²) in [6.45, 7) is 0. The maximum Gasteiger partial charge on any atom is 0.261 e. The van der Waals surface area contributed by atoms with Gasteiger partial charge in [0.15, 0.2) is 0 Å². The van der Waals surface area contributed by atoms with Crippen LogP contribution in [0.2, 0.25) is 0 Å². The van der Waals surface area contributed by atoms with E-state index in [1.54, 1.807) is 24.3 Å². The van der Waals surface area contributed by atoms with Crippen LogP contribution in [0.3, 0.4) is 0 Å². The van der Waals surface area contributed by atoms with Crippen LogP contribution in [-0.2, 0) is 0 Å². The first-order chi connectivity index (χ1) is 4.43. The van der Waals surface area contributed by atoms with Crippen LogP contribution < -0.4 is 4.52 Å². The van der Waals surface area contributed by atoms with Crippen LogP contribution in [0.25, 0.3) is 0 Å². The summed E-state index contributed by atoms with van der Waals surface area (Å²) in [4.78, 5) is 0. The van der Waals surface area contributed by atoms with Gasteiger partial charge in [-0.1, -0.05) is 18.2 Å². The maximum atomic E-state index is 11.5. The monoisotopic (exact) mass is 144 g/mol. The van der Waals surface area contributed by atoms with Crippen molar-refractivity contribution in [3.63, 3.8) is 0 Å². The van der Waals surface area contributed by atoms with Gasteiger partial charge < -0.3 is 4.52 Å². The largest absolute Gasteiger partial charge is 0.446 e. The third-order valence-electron chi connectivity index (χ3n) is 0.900. The Kier molecular flexibility index (Phi) is 2.47. The molecule has 0 bridgehead atoms. The first kappa shape index (κ1) is 6.50. The second kappa shape index (κ2) is 3.41. The molecule has 1 nitrogen and oxygen atoms in total. The molecular formula is C6H6FOP. The minimum Gasteiger partial charge on any atom is -0.446 e. The summed E-state index contributed by atoms with van der Waals surface area (Å²) >= 11 is 0. The van der Waals surface area contributed by atoms with E-state index in [4.69, 9.17) is 0 Å². The first-order valence-electron chi connectivity index (χ1n) is 2.51. The molecule has 0 aliphatic rings. The molecular weight excluding hydrogens is 138 g/mol. The highest BCUT2D eigenvalue weighted by atomic mass is 31.1. The minimum atomic E-state index is -0.965. The molecule has 0 aromatic heterocycles. The van der Waals surface area contributed by atoms with Gasteiger partial charge in [-0.3, -0.25) is 0 Å². The summed E-state index contributed by atoms with van der Waals surface area (Å²) in [5.41, 5.74) is 0. The molecule has 0 N–H and O–H groups in total. The summed E-state index contributed by atoms with van der Waals surface area (Å²) in [5.74, 6) is 0.582. The van der Waals surface area contributed by atoms with Crippen molar-refractivity contribution in [1.82, 2.24) is 0 Å². The average Bonchev–Trinajstić information content (AvgIpc) is 1.91. The fourth-order valence-corrected chi connectivity index (χ4v) is 0.758. The molecule has 1 unspecified atom stereocenters. The second-order valence-corrected chi connectivity index (χ2v) is 1.85. The molecule has 0 spiro atoms. The van der Waals surface area contributed by atoms with E-state index in [1.165, 1.54) is 0 Å². The Balaban J connectivity index is 2.61. The molecule has 0 saturated carbocycles. The zero-order chi connectivity index (χ0) is 6.53. The van der Waals surface area contributed by atoms with Crippen molar-refractivity contribution in [3.8, 4) is 5.75 Å². The van der Waals surface area contributed by atoms with Crippen LogP contribution in [0, 0.1) is 0 Å². The fraction of sp³-hybridized carbons (Fsp3) is 0. The molecule has 3 heteroatoms. The molecule has 9 heavy (non-hydrogen) atoms. The van der Waals surface area contributed by atoms with Crippen molar-refractivity contribution in [2.75, 3.05) is 0 Å². The van der Waals surface area contributed by atoms with Crippen LogP contribution in [0.5, 0.6) is 5.75 Å². The Morgan fingerprint density at radius 1 is 1.22 bits per heavy atom. The van der Waals surface area contributed by atoms with E-state index in [9.17, 15) is 4.20 Å². The number of benzene rings is 1. The molecule has 0 radical (unpaired) electrons. The maximum absolute atomic E-state index is 11.5. The zero-order valence-corrected chi connectivity index (χ0v) is 5.67. The lowest BCUT2D eigenvalue weighted by atomic mass is 10.3. The molecule has 0 aliphatic carbocycles. The van der Waals surface area contributed by atoms with Gasteiger partial charge in [0.25, 0.3) is 9.12 Å². The van der Waals surface area contributed by atoms with Gasteiger partial charge >= 0.3 is 0 Å². The highest BCUT2D eigenvalue weighted by Crippen LogP contribution is 2.19. The van der Waals surface area contributed by atoms with Crippen LogP contribution in [0.4, 0.5) is 4.20 Å². The molecule has 1 aromatic carbocycles. The van der Waals surface area contributed by atoms with Gasteiger partial charge in [0.1, 0.15) is 5.75 Å². The Bertz CT molecular complexity index is 166. The predicted octanol–water partition coefficient (Wildman–Crippen LogP) is 2.54. The van der Waals surface area contributed by atoms with Gasteiger partial charge in [-0.15, -0.1) is 0 Å². The Morgan fingerprint density at radius 2 is 1.89 bits per heavy atom. The summed E-state index contributed by atoms with van der Waals surface area (Å²) < 4.78 is 16.1. The van der Waals surface area contributed by atoms with Crippen LogP contribution in [0.15, 0.2) is 30.3 Å². The number of halogens is 1. The van der Waals surface area contributed by atoms with E-state index in [1.807, 2.05) is 6.07 Å². The second-order valence-electron chi connectivity index (χ2n) is 1.49. The quantitative estimate of drug-likeness (QED) is 0.579. The SMILES string of the molecule is FPOc1ccccc1. The van der Waals surface area contributed by atoms with E-state index in [2.05, 4.69) is 4.52 Å². The van der Waals surface area contributed by atoms with E-state index < -0.39 is 9.12 Å². The summed E-state index contributed by atoms with van der Waals surface area (Å²) in [6.07, 6.45) is 0. The lowest BCUT2D eigenvalue weighted by molar-refractivity contribution is 0.589. The summed E-state index contributed by atoms with van der Waals surface area (Å²) in [5, 5.41) is 0. The number of para-hydroxylation sites is 1. The zero-order valence-electron chi connectivity index (χ0n) is 4.67. The van der Waals surface area contributed by atoms with Crippen LogP contribution >= 0.6 is 9.12 Å². The number of hydrogen-bond donors (Lipinski definition) is 0. The van der Waals surface area contributed by atoms with Crippen molar-refractivity contribution >= 4 is 9.12 Å². The van der Waals surface area contributed by atoms with E-state index >= 15 is 0 Å². The Labute approximate surface area is 54.8 Å². The van der Waals surface area contributed by atoms with E-state index in [0.717, 1.165) is 0 Å². The van der Waals surface area contributed by atoms with Gasteiger partial charge in [0, 0.05) is 0 Å². The molecule has 1 aromatic rings. The van der Waals surface area contributed by atoms with Gasteiger partial charge in [0.05, 0.1) is 0 Å². The highest BCUT2D eigenvalue weighted by Gasteiger charge is 1.86. The Morgan fingerprint density at radius 3 is 2.44 bits per heavy atom. The van der Waals surface area contributed by atoms with Crippen molar-refractivity contribution in [2.45, 2.75) is 0 Å². The topological polar surface area (TPSA) is 9.23 Å². The number of rotatable bonds is 2. The molecule has 0 fully saturated rings. The van der Waals surface area contributed by atoms with Gasteiger partial charge in [-0.25, -0.2) is 0 Å². The van der Waals surface area contributed by atoms with E-state index in [0.29, 0.717) is 5.75 Å². The molecule has 0 heterocycles. The molecule has 0 saturated heterocycles. The van der Waals surface area contributed by atoms with Gasteiger partial charge in [0.2, 0.25) is 0 Å². The molecule has 1 atom stereocenters. The van der Waals surface area contributed by atoms with Crippen molar-refractivity contribution < 1.29 is 8.72 Å².